The van der Waals surface area contributed by atoms with Gasteiger partial charge in [0.1, 0.15) is 0 Å². The number of hydrogen-bond donors (Lipinski definition) is 1. The Balaban J connectivity index is 2.24. The fraction of sp³-hybridized carbons (Fsp3) is 0.500. The van der Waals surface area contributed by atoms with Crippen molar-refractivity contribution < 1.29 is 13.2 Å². The SMILES string of the molecule is Cc1cc(NS(=O)(=O)C(C)C)ccc1N1CCCC1=O. The van der Waals surface area contributed by atoms with Crippen molar-refractivity contribution in [2.45, 2.75) is 38.9 Å². The summed E-state index contributed by atoms with van der Waals surface area (Å²) in [5.74, 6) is 0.128. The summed E-state index contributed by atoms with van der Waals surface area (Å²) in [7, 11) is -3.34. The van der Waals surface area contributed by atoms with Crippen LogP contribution in [-0.4, -0.2) is 26.1 Å². The second kappa shape index (κ2) is 5.44. The molecular formula is C14H20N2O3S. The van der Waals surface area contributed by atoms with E-state index in [1.54, 1.807) is 36.9 Å². The Bertz CT molecular complexity index is 623. The molecule has 1 aromatic carbocycles. The van der Waals surface area contributed by atoms with Gasteiger partial charge in [0.2, 0.25) is 15.9 Å². The van der Waals surface area contributed by atoms with Crippen LogP contribution in [0.4, 0.5) is 11.4 Å². The van der Waals surface area contributed by atoms with E-state index in [4.69, 9.17) is 0 Å². The number of carbonyl (C=O) groups excluding carboxylic acids is 1. The van der Waals surface area contributed by atoms with Gasteiger partial charge in [0.05, 0.1) is 5.25 Å². The second-order valence-corrected chi connectivity index (χ2v) is 7.58. The lowest BCUT2D eigenvalue weighted by Crippen LogP contribution is -2.25. The Morgan fingerprint density at radius 3 is 2.50 bits per heavy atom. The molecule has 1 saturated heterocycles. The normalized spacial score (nSPS) is 16.0. The Hall–Kier alpha value is -1.56. The fourth-order valence-corrected chi connectivity index (χ4v) is 2.90. The number of anilines is 2. The van der Waals surface area contributed by atoms with Gasteiger partial charge in [0, 0.05) is 24.3 Å². The molecule has 0 aromatic heterocycles. The molecule has 0 bridgehead atoms. The minimum atomic E-state index is -3.34. The molecule has 1 amide bonds. The monoisotopic (exact) mass is 296 g/mol. The van der Waals surface area contributed by atoms with Gasteiger partial charge >= 0.3 is 0 Å². The molecule has 0 atom stereocenters. The molecular weight excluding hydrogens is 276 g/mol. The molecule has 6 heteroatoms. The molecule has 1 aliphatic rings. The highest BCUT2D eigenvalue weighted by Gasteiger charge is 2.23. The number of rotatable bonds is 4. The number of benzene rings is 1. The number of amides is 1. The molecule has 1 aliphatic heterocycles. The standard InChI is InChI=1S/C14H20N2O3S/c1-10(2)20(18,19)15-12-6-7-13(11(3)9-12)16-8-4-5-14(16)17/h6-7,9-10,15H,4-5,8H2,1-3H3. The van der Waals surface area contributed by atoms with Crippen molar-refractivity contribution in [3.8, 4) is 0 Å². The summed E-state index contributed by atoms with van der Waals surface area (Å²) in [6.07, 6.45) is 1.46. The summed E-state index contributed by atoms with van der Waals surface area (Å²) in [5, 5.41) is -0.484. The number of aryl methyl sites for hydroxylation is 1. The third-order valence-electron chi connectivity index (χ3n) is 3.44. The molecule has 20 heavy (non-hydrogen) atoms. The van der Waals surface area contributed by atoms with Crippen LogP contribution < -0.4 is 9.62 Å². The molecule has 0 saturated carbocycles. The Kier molecular flexibility index (Phi) is 4.04. The molecule has 110 valence electrons. The zero-order valence-electron chi connectivity index (χ0n) is 12.0. The van der Waals surface area contributed by atoms with Crippen LogP contribution in [0.25, 0.3) is 0 Å². The number of carbonyl (C=O) groups is 1. The van der Waals surface area contributed by atoms with Crippen LogP contribution in [0.15, 0.2) is 18.2 Å². The van der Waals surface area contributed by atoms with Gasteiger partial charge in [-0.25, -0.2) is 8.42 Å². The van der Waals surface area contributed by atoms with Crippen molar-refractivity contribution in [2.75, 3.05) is 16.2 Å². The lowest BCUT2D eigenvalue weighted by Gasteiger charge is -2.19. The van der Waals surface area contributed by atoms with E-state index < -0.39 is 15.3 Å². The fourth-order valence-electron chi connectivity index (χ4n) is 2.21. The molecule has 0 aliphatic carbocycles. The summed E-state index contributed by atoms with van der Waals surface area (Å²) in [4.78, 5) is 13.5. The number of nitrogens with zero attached hydrogens (tertiary/aromatic N) is 1. The van der Waals surface area contributed by atoms with Gasteiger partial charge in [-0.2, -0.15) is 0 Å². The van der Waals surface area contributed by atoms with Gasteiger partial charge in [-0.3, -0.25) is 9.52 Å². The average Bonchev–Trinajstić information content (AvgIpc) is 2.75. The van der Waals surface area contributed by atoms with Gasteiger partial charge in [0.25, 0.3) is 0 Å². The maximum Gasteiger partial charge on any atom is 0.235 e. The van der Waals surface area contributed by atoms with Gasteiger partial charge < -0.3 is 4.90 Å². The first kappa shape index (κ1) is 14.8. The molecule has 0 radical (unpaired) electrons. The molecule has 2 rings (SSSR count). The quantitative estimate of drug-likeness (QED) is 0.927. The summed E-state index contributed by atoms with van der Waals surface area (Å²) in [6.45, 7) is 5.88. The highest BCUT2D eigenvalue weighted by atomic mass is 32.2. The van der Waals surface area contributed by atoms with E-state index in [0.717, 1.165) is 24.2 Å². The predicted molar refractivity (Wildman–Crippen MR) is 80.4 cm³/mol. The van der Waals surface area contributed by atoms with E-state index in [9.17, 15) is 13.2 Å². The van der Waals surface area contributed by atoms with Crippen molar-refractivity contribution in [2.24, 2.45) is 0 Å². The lowest BCUT2D eigenvalue weighted by molar-refractivity contribution is -0.117. The minimum absolute atomic E-state index is 0.128. The highest BCUT2D eigenvalue weighted by Crippen LogP contribution is 2.27. The first-order chi connectivity index (χ1) is 9.31. The van der Waals surface area contributed by atoms with E-state index >= 15 is 0 Å². The van der Waals surface area contributed by atoms with Crippen LogP contribution in [0.5, 0.6) is 0 Å². The van der Waals surface area contributed by atoms with Gasteiger partial charge in [-0.1, -0.05) is 0 Å². The Labute approximate surface area is 120 Å². The average molecular weight is 296 g/mol. The number of hydrogen-bond acceptors (Lipinski definition) is 3. The minimum Gasteiger partial charge on any atom is -0.312 e. The van der Waals surface area contributed by atoms with Crippen LogP contribution in [0.1, 0.15) is 32.3 Å². The summed E-state index contributed by atoms with van der Waals surface area (Å²) in [6, 6.07) is 5.27. The Morgan fingerprint density at radius 1 is 1.30 bits per heavy atom. The smallest absolute Gasteiger partial charge is 0.235 e. The largest absolute Gasteiger partial charge is 0.312 e. The molecule has 1 heterocycles. The van der Waals surface area contributed by atoms with Crippen LogP contribution in [-0.2, 0) is 14.8 Å². The molecule has 1 aromatic rings. The van der Waals surface area contributed by atoms with E-state index in [0.29, 0.717) is 12.1 Å². The first-order valence-corrected chi connectivity index (χ1v) is 8.28. The second-order valence-electron chi connectivity index (χ2n) is 5.35. The third kappa shape index (κ3) is 2.95. The molecule has 0 unspecified atom stereocenters. The zero-order valence-corrected chi connectivity index (χ0v) is 12.8. The zero-order chi connectivity index (χ0) is 14.9. The van der Waals surface area contributed by atoms with Crippen molar-refractivity contribution in [3.63, 3.8) is 0 Å². The van der Waals surface area contributed by atoms with Gasteiger partial charge in [-0.05, 0) is 51.0 Å². The van der Waals surface area contributed by atoms with E-state index in [1.807, 2.05) is 6.92 Å². The van der Waals surface area contributed by atoms with Crippen LogP contribution in [0.3, 0.4) is 0 Å². The first-order valence-electron chi connectivity index (χ1n) is 6.74. The van der Waals surface area contributed by atoms with E-state index in [2.05, 4.69) is 4.72 Å². The van der Waals surface area contributed by atoms with Crippen molar-refractivity contribution in [3.05, 3.63) is 23.8 Å². The number of nitrogens with one attached hydrogen (secondary N) is 1. The predicted octanol–water partition coefficient (Wildman–Crippen LogP) is 2.27. The van der Waals surface area contributed by atoms with E-state index in [1.165, 1.54) is 0 Å². The van der Waals surface area contributed by atoms with Gasteiger partial charge in [0.15, 0.2) is 0 Å². The van der Waals surface area contributed by atoms with Crippen LogP contribution in [0.2, 0.25) is 0 Å². The maximum atomic E-state index is 11.8. The lowest BCUT2D eigenvalue weighted by atomic mass is 10.1. The summed E-state index contributed by atoms with van der Waals surface area (Å²) < 4.78 is 26.2. The van der Waals surface area contributed by atoms with Crippen molar-refractivity contribution in [1.82, 2.24) is 0 Å². The molecule has 0 spiro atoms. The summed E-state index contributed by atoms with van der Waals surface area (Å²) >= 11 is 0. The third-order valence-corrected chi connectivity index (χ3v) is 5.20. The van der Waals surface area contributed by atoms with Crippen molar-refractivity contribution in [1.29, 1.82) is 0 Å². The van der Waals surface area contributed by atoms with E-state index in [-0.39, 0.29) is 5.91 Å². The molecule has 5 nitrogen and oxygen atoms in total. The van der Waals surface area contributed by atoms with Crippen molar-refractivity contribution >= 4 is 27.3 Å². The van der Waals surface area contributed by atoms with Crippen LogP contribution in [0, 0.1) is 6.92 Å². The topological polar surface area (TPSA) is 66.5 Å². The summed E-state index contributed by atoms with van der Waals surface area (Å²) in [5.41, 5.74) is 2.29. The Morgan fingerprint density at radius 2 is 2.00 bits per heavy atom. The van der Waals surface area contributed by atoms with Crippen LogP contribution >= 0.6 is 0 Å². The highest BCUT2D eigenvalue weighted by molar-refractivity contribution is 7.93. The maximum absolute atomic E-state index is 11.8. The molecule has 1 fully saturated rings. The number of sulfonamides is 1. The molecule has 1 N–H and O–H groups in total. The van der Waals surface area contributed by atoms with Gasteiger partial charge in [-0.15, -0.1) is 0 Å².